The lowest BCUT2D eigenvalue weighted by Crippen LogP contribution is -2.26. The number of thiophene rings is 2. The molecule has 24 heavy (non-hydrogen) atoms. The summed E-state index contributed by atoms with van der Waals surface area (Å²) in [4.78, 5) is 2.52. The molecule has 0 aliphatic rings. The van der Waals surface area contributed by atoms with Crippen LogP contribution in [0.5, 0.6) is 5.75 Å². The van der Waals surface area contributed by atoms with Gasteiger partial charge in [0.05, 0.1) is 7.11 Å². The maximum absolute atomic E-state index is 12.4. The Labute approximate surface area is 149 Å². The van der Waals surface area contributed by atoms with Crippen molar-refractivity contribution in [1.29, 1.82) is 0 Å². The molecule has 7 heteroatoms. The largest absolute Gasteiger partial charge is 0.495 e. The summed E-state index contributed by atoms with van der Waals surface area (Å²) in [6, 6.07) is 12.8. The Kier molecular flexibility index (Phi) is 5.35. The first-order valence-electron chi connectivity index (χ1n) is 7.34. The van der Waals surface area contributed by atoms with Crippen LogP contribution in [0.4, 0.5) is 0 Å². The summed E-state index contributed by atoms with van der Waals surface area (Å²) in [6.07, 6.45) is 0.656. The maximum Gasteiger partial charge on any atom is 0.244 e. The molecule has 0 saturated carbocycles. The molecular formula is C17H17NO3S3. The standard InChI is InChI=1S/C17H17NO3S3/c1-21-15-4-2-3-5-17(15)24(19,20)18-10-8-14-6-7-16(23-14)13-9-11-22-12-13/h2-7,9,11-12,18H,8,10H2,1H3. The molecule has 4 nitrogen and oxygen atoms in total. The van der Waals surface area contributed by atoms with Crippen LogP contribution in [0.1, 0.15) is 4.88 Å². The minimum absolute atomic E-state index is 0.164. The van der Waals surface area contributed by atoms with Gasteiger partial charge >= 0.3 is 0 Å². The third-order valence-corrected chi connectivity index (χ3v) is 6.87. The molecule has 2 aromatic heterocycles. The molecule has 0 saturated heterocycles. The van der Waals surface area contributed by atoms with Gasteiger partial charge in [-0.25, -0.2) is 13.1 Å². The van der Waals surface area contributed by atoms with Crippen molar-refractivity contribution in [3.8, 4) is 16.2 Å². The van der Waals surface area contributed by atoms with Crippen LogP contribution in [0.3, 0.4) is 0 Å². The molecule has 0 spiro atoms. The second kappa shape index (κ2) is 7.48. The van der Waals surface area contributed by atoms with Gasteiger partial charge in [0, 0.05) is 21.9 Å². The molecule has 0 radical (unpaired) electrons. The van der Waals surface area contributed by atoms with Crippen LogP contribution in [0.2, 0.25) is 0 Å². The number of ether oxygens (including phenoxy) is 1. The maximum atomic E-state index is 12.4. The second-order valence-electron chi connectivity index (χ2n) is 5.08. The van der Waals surface area contributed by atoms with Gasteiger partial charge in [-0.1, -0.05) is 12.1 Å². The Balaban J connectivity index is 1.64. The molecule has 1 N–H and O–H groups in total. The van der Waals surface area contributed by atoms with E-state index in [1.165, 1.54) is 17.6 Å². The number of nitrogens with one attached hydrogen (secondary N) is 1. The summed E-state index contributed by atoms with van der Waals surface area (Å²) in [5.41, 5.74) is 1.21. The summed E-state index contributed by atoms with van der Waals surface area (Å²) in [5.74, 6) is 0.348. The zero-order valence-electron chi connectivity index (χ0n) is 13.1. The molecule has 3 aromatic rings. The van der Waals surface area contributed by atoms with E-state index in [1.54, 1.807) is 46.9 Å². The highest BCUT2D eigenvalue weighted by molar-refractivity contribution is 7.89. The van der Waals surface area contributed by atoms with Gasteiger partial charge in [-0.05, 0) is 47.5 Å². The normalized spacial score (nSPS) is 11.5. The first-order valence-corrected chi connectivity index (χ1v) is 10.6. The van der Waals surface area contributed by atoms with Gasteiger partial charge in [0.25, 0.3) is 0 Å². The van der Waals surface area contributed by atoms with Crippen LogP contribution >= 0.6 is 22.7 Å². The van der Waals surface area contributed by atoms with Crippen LogP contribution in [0.25, 0.3) is 10.4 Å². The van der Waals surface area contributed by atoms with Crippen molar-refractivity contribution < 1.29 is 13.2 Å². The Morgan fingerprint density at radius 3 is 2.71 bits per heavy atom. The van der Waals surface area contributed by atoms with Crippen LogP contribution in [-0.2, 0) is 16.4 Å². The van der Waals surface area contributed by atoms with Gasteiger partial charge < -0.3 is 4.74 Å². The lowest BCUT2D eigenvalue weighted by molar-refractivity contribution is 0.402. The Morgan fingerprint density at radius 2 is 1.96 bits per heavy atom. The molecule has 3 rings (SSSR count). The quantitative estimate of drug-likeness (QED) is 0.675. The second-order valence-corrected chi connectivity index (χ2v) is 8.76. The van der Waals surface area contributed by atoms with Crippen LogP contribution < -0.4 is 9.46 Å². The lowest BCUT2D eigenvalue weighted by atomic mass is 10.3. The van der Waals surface area contributed by atoms with Gasteiger partial charge in [0.2, 0.25) is 10.0 Å². The first-order chi connectivity index (χ1) is 11.6. The Morgan fingerprint density at radius 1 is 1.12 bits per heavy atom. The van der Waals surface area contributed by atoms with E-state index in [0.29, 0.717) is 18.7 Å². The van der Waals surface area contributed by atoms with E-state index in [-0.39, 0.29) is 4.90 Å². The Bertz CT molecular complexity index is 899. The third kappa shape index (κ3) is 3.87. The molecule has 0 fully saturated rings. The van der Waals surface area contributed by atoms with Gasteiger partial charge in [0.15, 0.2) is 0 Å². The highest BCUT2D eigenvalue weighted by Crippen LogP contribution is 2.30. The average molecular weight is 380 g/mol. The predicted octanol–water partition coefficient (Wildman–Crippen LogP) is 4.01. The van der Waals surface area contributed by atoms with Crippen LogP contribution in [-0.4, -0.2) is 22.1 Å². The van der Waals surface area contributed by atoms with Gasteiger partial charge in [-0.2, -0.15) is 11.3 Å². The number of methoxy groups -OCH3 is 1. The van der Waals surface area contributed by atoms with E-state index in [2.05, 4.69) is 33.7 Å². The van der Waals surface area contributed by atoms with Crippen molar-refractivity contribution in [3.63, 3.8) is 0 Å². The van der Waals surface area contributed by atoms with Crippen molar-refractivity contribution in [2.24, 2.45) is 0 Å². The number of hydrogen-bond donors (Lipinski definition) is 1. The third-order valence-electron chi connectivity index (χ3n) is 3.49. The fourth-order valence-corrected chi connectivity index (χ4v) is 5.23. The summed E-state index contributed by atoms with van der Waals surface area (Å²) >= 11 is 3.36. The van der Waals surface area contributed by atoms with E-state index >= 15 is 0 Å². The number of rotatable bonds is 7. The van der Waals surface area contributed by atoms with E-state index in [1.807, 2.05) is 0 Å². The van der Waals surface area contributed by atoms with Gasteiger partial charge in [-0.3, -0.25) is 0 Å². The number of sulfonamides is 1. The highest BCUT2D eigenvalue weighted by Gasteiger charge is 2.18. The number of hydrogen-bond acceptors (Lipinski definition) is 5. The smallest absolute Gasteiger partial charge is 0.244 e. The summed E-state index contributed by atoms with van der Waals surface area (Å²) in [5, 5.41) is 4.16. The van der Waals surface area contributed by atoms with E-state index in [4.69, 9.17) is 4.74 Å². The lowest BCUT2D eigenvalue weighted by Gasteiger charge is -2.10. The van der Waals surface area contributed by atoms with Crippen LogP contribution in [0.15, 0.2) is 58.1 Å². The van der Waals surface area contributed by atoms with Crippen molar-refractivity contribution in [1.82, 2.24) is 4.72 Å². The van der Waals surface area contributed by atoms with Crippen molar-refractivity contribution in [2.75, 3.05) is 13.7 Å². The Hall–Kier alpha value is -1.67. The summed E-state index contributed by atoms with van der Waals surface area (Å²) in [7, 11) is -2.11. The zero-order chi connectivity index (χ0) is 17.0. The SMILES string of the molecule is COc1ccccc1S(=O)(=O)NCCc1ccc(-c2ccsc2)s1. The van der Waals surface area contributed by atoms with Gasteiger partial charge in [0.1, 0.15) is 10.6 Å². The molecule has 0 aliphatic heterocycles. The molecule has 0 aliphatic carbocycles. The van der Waals surface area contributed by atoms with Crippen molar-refractivity contribution in [3.05, 3.63) is 58.1 Å². The van der Waals surface area contributed by atoms with Gasteiger partial charge in [-0.15, -0.1) is 11.3 Å². The van der Waals surface area contributed by atoms with E-state index < -0.39 is 10.0 Å². The average Bonchev–Trinajstić information content (AvgIpc) is 3.26. The highest BCUT2D eigenvalue weighted by atomic mass is 32.2. The molecular weight excluding hydrogens is 362 g/mol. The molecule has 0 atom stereocenters. The fourth-order valence-electron chi connectivity index (χ4n) is 2.30. The molecule has 2 heterocycles. The van der Waals surface area contributed by atoms with E-state index in [0.717, 1.165) is 4.88 Å². The van der Waals surface area contributed by atoms with Crippen molar-refractivity contribution >= 4 is 32.7 Å². The number of para-hydroxylation sites is 1. The van der Waals surface area contributed by atoms with Crippen LogP contribution in [0, 0.1) is 0 Å². The molecule has 0 amide bonds. The minimum Gasteiger partial charge on any atom is -0.495 e. The topological polar surface area (TPSA) is 55.4 Å². The molecule has 1 aromatic carbocycles. The number of benzene rings is 1. The van der Waals surface area contributed by atoms with E-state index in [9.17, 15) is 8.42 Å². The molecule has 126 valence electrons. The van der Waals surface area contributed by atoms with Crippen molar-refractivity contribution in [2.45, 2.75) is 11.3 Å². The fraction of sp³-hybridized carbons (Fsp3) is 0.176. The summed E-state index contributed by atoms with van der Waals surface area (Å²) in [6.45, 7) is 0.351. The molecule has 0 unspecified atom stereocenters. The monoisotopic (exact) mass is 379 g/mol. The summed E-state index contributed by atoms with van der Waals surface area (Å²) < 4.78 is 32.6. The zero-order valence-corrected chi connectivity index (χ0v) is 15.5. The first kappa shape index (κ1) is 17.2. The predicted molar refractivity (Wildman–Crippen MR) is 99.5 cm³/mol. The molecule has 0 bridgehead atoms. The minimum atomic E-state index is -3.58.